The van der Waals surface area contributed by atoms with Gasteiger partial charge in [0, 0.05) is 11.6 Å². The van der Waals surface area contributed by atoms with E-state index in [1.807, 2.05) is 20.8 Å². The first kappa shape index (κ1) is 17.2. The van der Waals surface area contributed by atoms with E-state index in [-0.39, 0.29) is 15.5 Å². The Bertz CT molecular complexity index is 690. The minimum Gasteiger partial charge on any atom is -0.301 e. The summed E-state index contributed by atoms with van der Waals surface area (Å²) in [6, 6.07) is 1.75. The molecule has 0 bridgehead atoms. The number of aryl methyl sites for hydroxylation is 1. The first-order chi connectivity index (χ1) is 9.91. The van der Waals surface area contributed by atoms with Gasteiger partial charge in [-0.1, -0.05) is 44.0 Å². The van der Waals surface area contributed by atoms with E-state index in [4.69, 9.17) is 23.2 Å². The molecular formula is C15H15Cl2F3N2. The maximum atomic E-state index is 12.8. The van der Waals surface area contributed by atoms with Crippen molar-refractivity contribution in [3.8, 4) is 5.69 Å². The molecule has 0 fully saturated rings. The van der Waals surface area contributed by atoms with Gasteiger partial charge in [0.2, 0.25) is 0 Å². The van der Waals surface area contributed by atoms with Crippen molar-refractivity contribution in [1.29, 1.82) is 0 Å². The highest BCUT2D eigenvalue weighted by Crippen LogP contribution is 2.38. The van der Waals surface area contributed by atoms with Crippen molar-refractivity contribution in [2.75, 3.05) is 0 Å². The molecule has 2 nitrogen and oxygen atoms in total. The van der Waals surface area contributed by atoms with Crippen LogP contribution in [0.2, 0.25) is 10.0 Å². The summed E-state index contributed by atoms with van der Waals surface area (Å²) in [4.78, 5) is 4.44. The van der Waals surface area contributed by atoms with Gasteiger partial charge in [-0.2, -0.15) is 13.2 Å². The standard InChI is InChI=1S/C15H15Cl2F3N2/c1-8-21-12(14(2,3)4)7-22(8)13-10(16)5-9(6-11(13)17)15(18,19)20/h5-7H,1-4H3. The summed E-state index contributed by atoms with van der Waals surface area (Å²) in [6.07, 6.45) is -2.75. The SMILES string of the molecule is Cc1nc(C(C)(C)C)cn1-c1c(Cl)cc(C(F)(F)F)cc1Cl. The van der Waals surface area contributed by atoms with Crippen LogP contribution in [-0.2, 0) is 11.6 Å². The molecule has 0 radical (unpaired) electrons. The van der Waals surface area contributed by atoms with Gasteiger partial charge in [0.15, 0.2) is 0 Å². The van der Waals surface area contributed by atoms with E-state index in [9.17, 15) is 13.2 Å². The van der Waals surface area contributed by atoms with Gasteiger partial charge in [0.05, 0.1) is 27.0 Å². The summed E-state index contributed by atoms with van der Waals surface area (Å²) < 4.78 is 40.0. The van der Waals surface area contributed by atoms with E-state index < -0.39 is 11.7 Å². The minimum atomic E-state index is -4.49. The molecule has 0 unspecified atom stereocenters. The third-order valence-electron chi connectivity index (χ3n) is 3.24. The summed E-state index contributed by atoms with van der Waals surface area (Å²) in [6.45, 7) is 7.73. The van der Waals surface area contributed by atoms with Gasteiger partial charge >= 0.3 is 6.18 Å². The van der Waals surface area contributed by atoms with Crippen molar-refractivity contribution in [1.82, 2.24) is 9.55 Å². The quantitative estimate of drug-likeness (QED) is 0.635. The average molecular weight is 351 g/mol. The van der Waals surface area contributed by atoms with Crippen molar-refractivity contribution >= 4 is 23.2 Å². The number of hydrogen-bond acceptors (Lipinski definition) is 1. The predicted molar refractivity (Wildman–Crippen MR) is 82.0 cm³/mol. The zero-order valence-electron chi connectivity index (χ0n) is 12.5. The first-order valence-corrected chi connectivity index (χ1v) is 7.30. The van der Waals surface area contributed by atoms with Crippen LogP contribution in [0.3, 0.4) is 0 Å². The second kappa shape index (κ2) is 5.46. The summed E-state index contributed by atoms with van der Waals surface area (Å²) in [5, 5.41) is -0.137. The maximum Gasteiger partial charge on any atom is 0.416 e. The lowest BCUT2D eigenvalue weighted by molar-refractivity contribution is -0.137. The highest BCUT2D eigenvalue weighted by atomic mass is 35.5. The van der Waals surface area contributed by atoms with E-state index in [2.05, 4.69) is 4.98 Å². The second-order valence-corrected chi connectivity index (χ2v) is 6.89. The first-order valence-electron chi connectivity index (χ1n) is 6.54. The third-order valence-corrected chi connectivity index (χ3v) is 3.81. The van der Waals surface area contributed by atoms with Crippen LogP contribution in [0.5, 0.6) is 0 Å². The van der Waals surface area contributed by atoms with Gasteiger partial charge in [-0.05, 0) is 19.1 Å². The molecule has 0 aliphatic heterocycles. The molecule has 120 valence electrons. The van der Waals surface area contributed by atoms with Crippen LogP contribution in [0.4, 0.5) is 13.2 Å². The fraction of sp³-hybridized carbons (Fsp3) is 0.400. The maximum absolute atomic E-state index is 12.8. The Balaban J connectivity index is 2.62. The van der Waals surface area contributed by atoms with Gasteiger partial charge in [0.1, 0.15) is 5.82 Å². The summed E-state index contributed by atoms with van der Waals surface area (Å²) in [5.41, 5.74) is 0.0369. The lowest BCUT2D eigenvalue weighted by atomic mass is 9.93. The van der Waals surface area contributed by atoms with Gasteiger partial charge in [-0.15, -0.1) is 0 Å². The molecule has 1 aromatic heterocycles. The molecule has 0 aliphatic carbocycles. The van der Waals surface area contributed by atoms with Crippen LogP contribution < -0.4 is 0 Å². The molecule has 0 aliphatic rings. The molecule has 2 rings (SSSR count). The minimum absolute atomic E-state index is 0.0687. The molecule has 0 saturated heterocycles. The fourth-order valence-electron chi connectivity index (χ4n) is 2.02. The van der Waals surface area contributed by atoms with E-state index in [0.717, 1.165) is 17.8 Å². The highest BCUT2D eigenvalue weighted by molar-refractivity contribution is 6.37. The molecule has 2 aromatic rings. The molecule has 0 spiro atoms. The van der Waals surface area contributed by atoms with Crippen molar-refractivity contribution in [2.24, 2.45) is 0 Å². The monoisotopic (exact) mass is 350 g/mol. The highest BCUT2D eigenvalue weighted by Gasteiger charge is 2.32. The lowest BCUT2D eigenvalue weighted by Gasteiger charge is -2.15. The number of aromatic nitrogens is 2. The molecule has 1 aromatic carbocycles. The smallest absolute Gasteiger partial charge is 0.301 e. The molecule has 0 amide bonds. The Morgan fingerprint density at radius 3 is 1.91 bits per heavy atom. The molecular weight excluding hydrogens is 336 g/mol. The number of benzene rings is 1. The molecule has 0 N–H and O–H groups in total. The second-order valence-electron chi connectivity index (χ2n) is 6.08. The number of rotatable bonds is 1. The van der Waals surface area contributed by atoms with E-state index in [0.29, 0.717) is 11.5 Å². The number of halogens is 5. The van der Waals surface area contributed by atoms with Crippen LogP contribution >= 0.6 is 23.2 Å². The van der Waals surface area contributed by atoms with Crippen molar-refractivity contribution < 1.29 is 13.2 Å². The molecule has 1 heterocycles. The Labute approximate surface area is 136 Å². The van der Waals surface area contributed by atoms with Gasteiger partial charge in [-0.3, -0.25) is 0 Å². The molecule has 0 saturated carbocycles. The average Bonchev–Trinajstić information content (AvgIpc) is 2.69. The Kier molecular flexibility index (Phi) is 4.26. The van der Waals surface area contributed by atoms with Gasteiger partial charge < -0.3 is 4.57 Å². The van der Waals surface area contributed by atoms with Crippen LogP contribution in [0.1, 0.15) is 37.9 Å². The third kappa shape index (κ3) is 3.25. The zero-order chi connectivity index (χ0) is 16.9. The normalized spacial score (nSPS) is 12.8. The Morgan fingerprint density at radius 1 is 1.05 bits per heavy atom. The van der Waals surface area contributed by atoms with Gasteiger partial charge in [-0.25, -0.2) is 4.98 Å². The topological polar surface area (TPSA) is 17.8 Å². The number of hydrogen-bond donors (Lipinski definition) is 0. The van der Waals surface area contributed by atoms with E-state index in [1.54, 1.807) is 17.7 Å². The van der Waals surface area contributed by atoms with Gasteiger partial charge in [0.25, 0.3) is 0 Å². The number of alkyl halides is 3. The van der Waals surface area contributed by atoms with Crippen molar-refractivity contribution in [2.45, 2.75) is 39.3 Å². The number of nitrogens with zero attached hydrogens (tertiary/aromatic N) is 2. The molecule has 0 atom stereocenters. The predicted octanol–water partition coefficient (Wildman–Crippen LogP) is 5.80. The van der Waals surface area contributed by atoms with Crippen LogP contribution in [0, 0.1) is 6.92 Å². The fourth-order valence-corrected chi connectivity index (χ4v) is 2.69. The van der Waals surface area contributed by atoms with Crippen LogP contribution in [0.15, 0.2) is 18.3 Å². The molecule has 22 heavy (non-hydrogen) atoms. The lowest BCUT2D eigenvalue weighted by Crippen LogP contribution is -2.11. The van der Waals surface area contributed by atoms with Crippen molar-refractivity contribution in [3.05, 3.63) is 45.5 Å². The largest absolute Gasteiger partial charge is 0.416 e. The Morgan fingerprint density at radius 2 is 1.55 bits per heavy atom. The van der Waals surface area contributed by atoms with Crippen LogP contribution in [0.25, 0.3) is 5.69 Å². The van der Waals surface area contributed by atoms with Crippen molar-refractivity contribution in [3.63, 3.8) is 0 Å². The zero-order valence-corrected chi connectivity index (χ0v) is 14.0. The van der Waals surface area contributed by atoms with Crippen LogP contribution in [-0.4, -0.2) is 9.55 Å². The number of imidazole rings is 1. The Hall–Kier alpha value is -1.20. The van der Waals surface area contributed by atoms with E-state index in [1.165, 1.54) is 0 Å². The summed E-state index contributed by atoms with van der Waals surface area (Å²) in [5.74, 6) is 0.605. The molecule has 7 heteroatoms. The summed E-state index contributed by atoms with van der Waals surface area (Å²) >= 11 is 12.1. The summed E-state index contributed by atoms with van der Waals surface area (Å²) in [7, 11) is 0. The van der Waals surface area contributed by atoms with E-state index >= 15 is 0 Å².